The summed E-state index contributed by atoms with van der Waals surface area (Å²) in [6.07, 6.45) is 9.94. The molecule has 1 atom stereocenters. The Bertz CT molecular complexity index is 1570. The molecule has 2 N–H and O–H groups in total. The van der Waals surface area contributed by atoms with E-state index in [0.717, 1.165) is 11.3 Å². The summed E-state index contributed by atoms with van der Waals surface area (Å²) in [5.74, 6) is -0.780. The predicted octanol–water partition coefficient (Wildman–Crippen LogP) is 3.88. The molecule has 0 saturated carbocycles. The summed E-state index contributed by atoms with van der Waals surface area (Å²) in [5.41, 5.74) is 3.70. The van der Waals surface area contributed by atoms with Gasteiger partial charge in [0.2, 0.25) is 11.8 Å². The zero-order chi connectivity index (χ0) is 27.0. The van der Waals surface area contributed by atoms with Crippen molar-refractivity contribution in [2.24, 2.45) is 0 Å². The van der Waals surface area contributed by atoms with Gasteiger partial charge in [-0.15, -0.1) is 5.10 Å². The van der Waals surface area contributed by atoms with Gasteiger partial charge in [0.15, 0.2) is 0 Å². The predicted molar refractivity (Wildman–Crippen MR) is 147 cm³/mol. The second kappa shape index (κ2) is 12.0. The van der Waals surface area contributed by atoms with Gasteiger partial charge in [0.25, 0.3) is 0 Å². The molecule has 0 fully saturated rings. The number of carbonyl (C=O) groups is 2. The number of hydrogen-bond acceptors (Lipinski definition) is 6. The summed E-state index contributed by atoms with van der Waals surface area (Å²) in [6.45, 7) is 0. The first-order valence-corrected chi connectivity index (χ1v) is 12.4. The topological polar surface area (TPSA) is 120 Å². The minimum absolute atomic E-state index is 0.312. The maximum atomic E-state index is 13.3. The number of rotatable bonds is 9. The average molecular weight is 539 g/mol. The SMILES string of the molecule is O=C(C=Cc1cc(Cl)ccc1-n1cnnn1)N[C@@H](Cc1ccccc1)C(=O)Nc1ccc(-n2ccnc2)cc1. The highest BCUT2D eigenvalue weighted by atomic mass is 35.5. The quantitative estimate of drug-likeness (QED) is 0.275. The maximum Gasteiger partial charge on any atom is 0.247 e. The number of aromatic nitrogens is 6. The van der Waals surface area contributed by atoms with Crippen LogP contribution in [0.5, 0.6) is 0 Å². The van der Waals surface area contributed by atoms with Crippen LogP contribution < -0.4 is 10.6 Å². The Morgan fingerprint density at radius 2 is 1.82 bits per heavy atom. The highest BCUT2D eigenvalue weighted by Gasteiger charge is 2.21. The van der Waals surface area contributed by atoms with Crippen molar-refractivity contribution in [3.8, 4) is 11.4 Å². The minimum atomic E-state index is -0.823. The fourth-order valence-corrected chi connectivity index (χ4v) is 4.12. The molecule has 3 aromatic carbocycles. The monoisotopic (exact) mass is 538 g/mol. The molecule has 0 aliphatic rings. The summed E-state index contributed by atoms with van der Waals surface area (Å²) in [4.78, 5) is 30.3. The van der Waals surface area contributed by atoms with Crippen LogP contribution in [0, 0.1) is 0 Å². The standard InChI is InChI=1S/C28H23ClN8O2/c29-22-7-12-26(37-19-31-34-35-37)21(17-22)6-13-27(38)33-25(16-20-4-2-1-3-5-20)28(39)32-23-8-10-24(11-9-23)36-15-14-30-18-36/h1-15,17-19,25H,16H2,(H,32,39)(H,33,38)/t25-/m0/s1. The molecule has 2 heterocycles. The van der Waals surface area contributed by atoms with E-state index < -0.39 is 11.9 Å². The first kappa shape index (κ1) is 25.6. The molecule has 0 bridgehead atoms. The molecule has 39 heavy (non-hydrogen) atoms. The Balaban J connectivity index is 1.32. The number of carbonyl (C=O) groups excluding carboxylic acids is 2. The number of halogens is 1. The molecule has 0 aliphatic heterocycles. The normalized spacial score (nSPS) is 11.8. The van der Waals surface area contributed by atoms with E-state index in [2.05, 4.69) is 31.1 Å². The maximum absolute atomic E-state index is 13.3. The molecule has 5 rings (SSSR count). The molecule has 5 aromatic rings. The van der Waals surface area contributed by atoms with Gasteiger partial charge in [-0.2, -0.15) is 4.68 Å². The third-order valence-corrected chi connectivity index (χ3v) is 6.09. The molecule has 0 unspecified atom stereocenters. The van der Waals surface area contributed by atoms with Crippen LogP contribution in [-0.4, -0.2) is 47.6 Å². The summed E-state index contributed by atoms with van der Waals surface area (Å²) >= 11 is 6.17. The minimum Gasteiger partial charge on any atom is -0.340 e. The molecule has 0 saturated heterocycles. The Labute approximate surface area is 229 Å². The fraction of sp³-hybridized carbons (Fsp3) is 0.0714. The summed E-state index contributed by atoms with van der Waals surface area (Å²) in [5, 5.41) is 17.4. The zero-order valence-electron chi connectivity index (χ0n) is 20.6. The molecule has 11 heteroatoms. The first-order valence-electron chi connectivity index (χ1n) is 12.0. The average Bonchev–Trinajstić information content (AvgIpc) is 3.68. The van der Waals surface area contributed by atoms with Crippen molar-refractivity contribution in [2.45, 2.75) is 12.5 Å². The van der Waals surface area contributed by atoms with Crippen molar-refractivity contribution in [3.63, 3.8) is 0 Å². The number of imidazole rings is 1. The van der Waals surface area contributed by atoms with Crippen LogP contribution in [-0.2, 0) is 16.0 Å². The number of nitrogens with zero attached hydrogens (tertiary/aromatic N) is 6. The number of benzene rings is 3. The smallest absolute Gasteiger partial charge is 0.247 e. The van der Waals surface area contributed by atoms with Crippen molar-refractivity contribution >= 4 is 35.2 Å². The van der Waals surface area contributed by atoms with Crippen molar-refractivity contribution in [3.05, 3.63) is 120 Å². The van der Waals surface area contributed by atoms with Crippen LogP contribution in [0.3, 0.4) is 0 Å². The van der Waals surface area contributed by atoms with E-state index >= 15 is 0 Å². The van der Waals surface area contributed by atoms with Gasteiger partial charge in [-0.25, -0.2) is 4.98 Å². The third kappa shape index (κ3) is 6.62. The Kier molecular flexibility index (Phi) is 7.84. The highest BCUT2D eigenvalue weighted by molar-refractivity contribution is 6.30. The van der Waals surface area contributed by atoms with Gasteiger partial charge < -0.3 is 15.2 Å². The second-order valence-electron chi connectivity index (χ2n) is 8.55. The summed E-state index contributed by atoms with van der Waals surface area (Å²) in [7, 11) is 0. The number of amides is 2. The molecule has 0 aliphatic carbocycles. The fourth-order valence-electron chi connectivity index (χ4n) is 3.94. The van der Waals surface area contributed by atoms with Gasteiger partial charge >= 0.3 is 0 Å². The molecule has 10 nitrogen and oxygen atoms in total. The molecule has 0 radical (unpaired) electrons. The lowest BCUT2D eigenvalue weighted by molar-refractivity contribution is -0.123. The highest BCUT2D eigenvalue weighted by Crippen LogP contribution is 2.20. The van der Waals surface area contributed by atoms with Gasteiger partial charge in [-0.1, -0.05) is 41.9 Å². The molecular weight excluding hydrogens is 516 g/mol. The number of anilines is 1. The lowest BCUT2D eigenvalue weighted by atomic mass is 10.0. The van der Waals surface area contributed by atoms with E-state index in [9.17, 15) is 9.59 Å². The van der Waals surface area contributed by atoms with Crippen LogP contribution in [0.25, 0.3) is 17.5 Å². The van der Waals surface area contributed by atoms with E-state index in [-0.39, 0.29) is 5.91 Å². The van der Waals surface area contributed by atoms with Crippen LogP contribution in [0.15, 0.2) is 104 Å². The van der Waals surface area contributed by atoms with E-state index in [1.807, 2.05) is 53.2 Å². The molecule has 2 aromatic heterocycles. The Morgan fingerprint density at radius 3 is 2.54 bits per heavy atom. The Hall–Kier alpha value is -5.09. The molecular formula is C28H23ClN8O2. The molecule has 0 spiro atoms. The molecule has 2 amide bonds. The van der Waals surface area contributed by atoms with Crippen molar-refractivity contribution in [2.75, 3.05) is 5.32 Å². The third-order valence-electron chi connectivity index (χ3n) is 5.85. The van der Waals surface area contributed by atoms with Crippen molar-refractivity contribution in [1.29, 1.82) is 0 Å². The summed E-state index contributed by atoms with van der Waals surface area (Å²) < 4.78 is 3.33. The second-order valence-corrected chi connectivity index (χ2v) is 8.98. The van der Waals surface area contributed by atoms with Gasteiger partial charge in [-0.05, 0) is 64.5 Å². The largest absolute Gasteiger partial charge is 0.340 e. The van der Waals surface area contributed by atoms with Gasteiger partial charge in [0, 0.05) is 46.9 Å². The number of hydrogen-bond donors (Lipinski definition) is 2. The van der Waals surface area contributed by atoms with Crippen molar-refractivity contribution < 1.29 is 9.59 Å². The van der Waals surface area contributed by atoms with Crippen LogP contribution >= 0.6 is 11.6 Å². The number of nitrogens with one attached hydrogen (secondary N) is 2. The number of tetrazole rings is 1. The lowest BCUT2D eigenvalue weighted by Crippen LogP contribution is -2.44. The first-order chi connectivity index (χ1) is 19.0. The molecule has 194 valence electrons. The van der Waals surface area contributed by atoms with Crippen LogP contribution in [0.2, 0.25) is 5.02 Å². The van der Waals surface area contributed by atoms with E-state index in [4.69, 9.17) is 11.6 Å². The zero-order valence-corrected chi connectivity index (χ0v) is 21.3. The lowest BCUT2D eigenvalue weighted by Gasteiger charge is -2.18. The van der Waals surface area contributed by atoms with Gasteiger partial charge in [-0.3, -0.25) is 9.59 Å². The Morgan fingerprint density at radius 1 is 1.00 bits per heavy atom. The van der Waals surface area contributed by atoms with Gasteiger partial charge in [0.05, 0.1) is 12.0 Å². The van der Waals surface area contributed by atoms with Gasteiger partial charge in [0.1, 0.15) is 12.4 Å². The van der Waals surface area contributed by atoms with Crippen molar-refractivity contribution in [1.82, 2.24) is 35.1 Å². The van der Waals surface area contributed by atoms with Crippen LogP contribution in [0.4, 0.5) is 5.69 Å². The van der Waals surface area contributed by atoms with E-state index in [1.165, 1.54) is 17.1 Å². The van der Waals surface area contributed by atoms with Crippen LogP contribution in [0.1, 0.15) is 11.1 Å². The van der Waals surface area contributed by atoms with E-state index in [0.29, 0.717) is 28.4 Å². The summed E-state index contributed by atoms with van der Waals surface area (Å²) in [6, 6.07) is 21.2. The van der Waals surface area contributed by atoms with E-state index in [1.54, 1.807) is 48.9 Å².